The van der Waals surface area contributed by atoms with E-state index < -0.39 is 15.7 Å². The third-order valence-electron chi connectivity index (χ3n) is 4.94. The summed E-state index contributed by atoms with van der Waals surface area (Å²) in [5, 5.41) is 7.14. The monoisotopic (exact) mass is 432 g/mol. The van der Waals surface area contributed by atoms with Gasteiger partial charge < -0.3 is 9.73 Å². The van der Waals surface area contributed by atoms with Crippen LogP contribution in [0.3, 0.4) is 0 Å². The maximum absolute atomic E-state index is 13.9. The Morgan fingerprint density at radius 1 is 1.37 bits per heavy atom. The summed E-state index contributed by atoms with van der Waals surface area (Å²) in [6, 6.07) is 7.66. The third kappa shape index (κ3) is 4.43. The van der Waals surface area contributed by atoms with Gasteiger partial charge in [-0.1, -0.05) is 12.1 Å². The average molecular weight is 432 g/mol. The molecule has 0 spiro atoms. The van der Waals surface area contributed by atoms with E-state index in [1.54, 1.807) is 35.9 Å². The number of halogens is 1. The molecule has 0 bridgehead atoms. The SMILES string of the molecule is Cc1cc(NC(=O)CCc2ncc(-c3ccccc3F)o2)n(C2CCS(=O)(=O)C2)n1. The molecular weight excluding hydrogens is 411 g/mol. The average Bonchev–Trinajstić information content (AvgIpc) is 3.39. The van der Waals surface area contributed by atoms with Crippen LogP contribution in [0.1, 0.15) is 30.5 Å². The highest BCUT2D eigenvalue weighted by molar-refractivity contribution is 7.91. The first-order chi connectivity index (χ1) is 14.3. The highest BCUT2D eigenvalue weighted by Crippen LogP contribution is 2.27. The molecule has 1 aliphatic heterocycles. The Balaban J connectivity index is 1.39. The van der Waals surface area contributed by atoms with Crippen LogP contribution in [0.25, 0.3) is 11.3 Å². The van der Waals surface area contributed by atoms with Crippen LogP contribution in [-0.4, -0.2) is 40.6 Å². The van der Waals surface area contributed by atoms with Gasteiger partial charge >= 0.3 is 0 Å². The molecule has 1 N–H and O–H groups in total. The van der Waals surface area contributed by atoms with Gasteiger partial charge in [0.1, 0.15) is 11.6 Å². The zero-order chi connectivity index (χ0) is 21.3. The maximum Gasteiger partial charge on any atom is 0.226 e. The van der Waals surface area contributed by atoms with Crippen molar-refractivity contribution >= 4 is 21.6 Å². The van der Waals surface area contributed by atoms with Gasteiger partial charge in [0.2, 0.25) is 5.91 Å². The molecular formula is C20H21FN4O4S. The Morgan fingerprint density at radius 2 is 2.17 bits per heavy atom. The van der Waals surface area contributed by atoms with Gasteiger partial charge in [0.05, 0.1) is 35.0 Å². The standard InChI is InChI=1S/C20H21FN4O4S/c1-13-10-18(25(24-13)14-8-9-30(27,28)12-14)23-19(26)6-7-20-22-11-17(29-20)15-4-2-3-5-16(15)21/h2-5,10-11,14H,6-9,12H2,1H3,(H,23,26). The second-order valence-electron chi connectivity index (χ2n) is 7.32. The van der Waals surface area contributed by atoms with Crippen molar-refractivity contribution in [1.29, 1.82) is 0 Å². The summed E-state index contributed by atoms with van der Waals surface area (Å²) in [5.74, 6) is 0.566. The van der Waals surface area contributed by atoms with Crippen molar-refractivity contribution in [3.63, 3.8) is 0 Å². The number of carbonyl (C=O) groups is 1. The molecule has 1 unspecified atom stereocenters. The van der Waals surface area contributed by atoms with Crippen LogP contribution in [0.15, 0.2) is 40.9 Å². The van der Waals surface area contributed by atoms with E-state index >= 15 is 0 Å². The lowest BCUT2D eigenvalue weighted by molar-refractivity contribution is -0.116. The lowest BCUT2D eigenvalue weighted by Crippen LogP contribution is -2.19. The number of benzene rings is 1. The van der Waals surface area contributed by atoms with E-state index in [-0.39, 0.29) is 36.3 Å². The topological polar surface area (TPSA) is 107 Å². The van der Waals surface area contributed by atoms with E-state index in [1.807, 2.05) is 0 Å². The van der Waals surface area contributed by atoms with Crippen LogP contribution < -0.4 is 5.32 Å². The fourth-order valence-electron chi connectivity index (χ4n) is 3.49. The van der Waals surface area contributed by atoms with E-state index in [0.717, 1.165) is 0 Å². The van der Waals surface area contributed by atoms with Gasteiger partial charge in [0.25, 0.3) is 0 Å². The van der Waals surface area contributed by atoms with Gasteiger partial charge in [-0.15, -0.1) is 0 Å². The lowest BCUT2D eigenvalue weighted by atomic mass is 10.2. The van der Waals surface area contributed by atoms with Crippen molar-refractivity contribution in [1.82, 2.24) is 14.8 Å². The second kappa shape index (κ2) is 8.02. The van der Waals surface area contributed by atoms with Crippen molar-refractivity contribution in [2.75, 3.05) is 16.8 Å². The van der Waals surface area contributed by atoms with E-state index in [2.05, 4.69) is 15.4 Å². The summed E-state index contributed by atoms with van der Waals surface area (Å²) in [6.45, 7) is 1.78. The van der Waals surface area contributed by atoms with Crippen molar-refractivity contribution < 1.29 is 22.0 Å². The summed E-state index contributed by atoms with van der Waals surface area (Å²) in [4.78, 5) is 16.5. The van der Waals surface area contributed by atoms with Crippen molar-refractivity contribution in [3.05, 3.63) is 53.9 Å². The smallest absolute Gasteiger partial charge is 0.226 e. The van der Waals surface area contributed by atoms with Crippen LogP contribution in [0, 0.1) is 12.7 Å². The van der Waals surface area contributed by atoms with Crippen LogP contribution in [-0.2, 0) is 21.1 Å². The molecule has 8 nitrogen and oxygen atoms in total. The van der Waals surface area contributed by atoms with Gasteiger partial charge in [-0.05, 0) is 25.5 Å². The van der Waals surface area contributed by atoms with Crippen molar-refractivity contribution in [2.24, 2.45) is 0 Å². The minimum Gasteiger partial charge on any atom is -0.441 e. The molecule has 0 aliphatic carbocycles. The predicted octanol–water partition coefficient (Wildman–Crippen LogP) is 2.92. The summed E-state index contributed by atoms with van der Waals surface area (Å²) >= 11 is 0. The number of aryl methyl sites for hydroxylation is 2. The molecule has 1 aromatic carbocycles. The second-order valence-corrected chi connectivity index (χ2v) is 9.55. The molecule has 10 heteroatoms. The summed E-state index contributed by atoms with van der Waals surface area (Å²) in [7, 11) is -3.07. The number of rotatable bonds is 6. The molecule has 30 heavy (non-hydrogen) atoms. The number of aromatic nitrogens is 3. The highest BCUT2D eigenvalue weighted by atomic mass is 32.2. The highest BCUT2D eigenvalue weighted by Gasteiger charge is 2.31. The largest absolute Gasteiger partial charge is 0.441 e. The van der Waals surface area contributed by atoms with Gasteiger partial charge in [0, 0.05) is 18.9 Å². The van der Waals surface area contributed by atoms with Crippen LogP contribution in [0.5, 0.6) is 0 Å². The first-order valence-corrected chi connectivity index (χ1v) is 11.4. The van der Waals surface area contributed by atoms with Crippen molar-refractivity contribution in [2.45, 2.75) is 32.2 Å². The minimum absolute atomic E-state index is 0.0200. The summed E-state index contributed by atoms with van der Waals surface area (Å²) in [5.41, 5.74) is 1.00. The Labute approximate surface area is 173 Å². The number of oxazole rings is 1. The molecule has 1 fully saturated rings. The summed E-state index contributed by atoms with van der Waals surface area (Å²) in [6.07, 6.45) is 2.25. The maximum atomic E-state index is 13.9. The Bertz CT molecular complexity index is 1190. The molecule has 1 atom stereocenters. The van der Waals surface area contributed by atoms with Crippen molar-refractivity contribution in [3.8, 4) is 11.3 Å². The molecule has 1 saturated heterocycles. The van der Waals surface area contributed by atoms with Crippen LogP contribution in [0.2, 0.25) is 0 Å². The molecule has 1 aliphatic rings. The third-order valence-corrected chi connectivity index (χ3v) is 6.69. The minimum atomic E-state index is -3.07. The van der Waals surface area contributed by atoms with Gasteiger partial charge in [-0.25, -0.2) is 22.5 Å². The molecule has 3 aromatic rings. The zero-order valence-corrected chi connectivity index (χ0v) is 17.2. The molecule has 158 valence electrons. The first kappa shape index (κ1) is 20.3. The van der Waals surface area contributed by atoms with E-state index in [4.69, 9.17) is 4.42 Å². The first-order valence-electron chi connectivity index (χ1n) is 9.57. The molecule has 3 heterocycles. The van der Waals surface area contributed by atoms with E-state index in [0.29, 0.717) is 35.1 Å². The normalized spacial score (nSPS) is 17.9. The molecule has 0 saturated carbocycles. The number of nitrogens with zero attached hydrogens (tertiary/aromatic N) is 3. The van der Waals surface area contributed by atoms with E-state index in [9.17, 15) is 17.6 Å². The molecule has 2 aromatic heterocycles. The number of carbonyl (C=O) groups excluding carboxylic acids is 1. The molecule has 4 rings (SSSR count). The Hall–Kier alpha value is -3.01. The number of sulfone groups is 1. The fraction of sp³-hybridized carbons (Fsp3) is 0.350. The zero-order valence-electron chi connectivity index (χ0n) is 16.3. The van der Waals surface area contributed by atoms with Crippen LogP contribution >= 0.6 is 0 Å². The van der Waals surface area contributed by atoms with Gasteiger partial charge in [-0.2, -0.15) is 5.10 Å². The number of hydrogen-bond acceptors (Lipinski definition) is 6. The molecule has 1 amide bonds. The van der Waals surface area contributed by atoms with Gasteiger partial charge in [0.15, 0.2) is 21.5 Å². The van der Waals surface area contributed by atoms with Crippen LogP contribution in [0.4, 0.5) is 10.2 Å². The van der Waals surface area contributed by atoms with Gasteiger partial charge in [-0.3, -0.25) is 4.79 Å². The lowest BCUT2D eigenvalue weighted by Gasteiger charge is -2.13. The number of nitrogens with one attached hydrogen (secondary N) is 1. The number of amides is 1. The quantitative estimate of drug-likeness (QED) is 0.642. The fourth-order valence-corrected chi connectivity index (χ4v) is 5.19. The molecule has 0 radical (unpaired) electrons. The predicted molar refractivity (Wildman–Crippen MR) is 108 cm³/mol. The number of hydrogen-bond donors (Lipinski definition) is 1. The summed E-state index contributed by atoms with van der Waals surface area (Å²) < 4.78 is 44.5. The Kier molecular flexibility index (Phi) is 5.42. The Morgan fingerprint density at radius 3 is 2.90 bits per heavy atom. The van der Waals surface area contributed by atoms with E-state index in [1.165, 1.54) is 12.3 Å². The number of anilines is 1.